The van der Waals surface area contributed by atoms with Crippen LogP contribution in [0.4, 0.5) is 5.69 Å². The van der Waals surface area contributed by atoms with E-state index in [0.29, 0.717) is 26.3 Å². The van der Waals surface area contributed by atoms with Gasteiger partial charge in [-0.05, 0) is 72.8 Å². The van der Waals surface area contributed by atoms with E-state index in [1.807, 2.05) is 0 Å². The van der Waals surface area contributed by atoms with Crippen LogP contribution in [-0.2, 0) is 14.6 Å². The molecule has 3 aromatic carbocycles. The topological polar surface area (TPSA) is 80.8 Å². The van der Waals surface area contributed by atoms with Crippen LogP contribution in [0.5, 0.6) is 0 Å². The first-order valence-electron chi connectivity index (χ1n) is 10.1. The summed E-state index contributed by atoms with van der Waals surface area (Å²) < 4.78 is 30.9. The van der Waals surface area contributed by atoms with E-state index in [2.05, 4.69) is 0 Å². The van der Waals surface area contributed by atoms with Crippen LogP contribution in [0.2, 0.25) is 15.1 Å². The summed E-state index contributed by atoms with van der Waals surface area (Å²) in [4.78, 5) is 27.7. The molecule has 1 amide bonds. The van der Waals surface area contributed by atoms with E-state index in [0.717, 1.165) is 0 Å². The molecule has 0 saturated carbocycles. The van der Waals surface area contributed by atoms with E-state index in [1.165, 1.54) is 29.2 Å². The SMILES string of the molecule is O=C(O[C@H]1CS(=O)(=O)C[C@@H]1N(C(=O)c1ccc(Cl)cc1)c1ccc(Cl)cc1)c1ccc(Cl)cc1. The van der Waals surface area contributed by atoms with Gasteiger partial charge < -0.3 is 9.64 Å². The van der Waals surface area contributed by atoms with Gasteiger partial charge in [0.1, 0.15) is 6.10 Å². The van der Waals surface area contributed by atoms with E-state index in [-0.39, 0.29) is 11.3 Å². The van der Waals surface area contributed by atoms with Gasteiger partial charge in [0.25, 0.3) is 5.91 Å². The monoisotopic (exact) mass is 537 g/mol. The zero-order chi connectivity index (χ0) is 24.5. The minimum Gasteiger partial charge on any atom is -0.455 e. The molecular weight excluding hydrogens is 521 g/mol. The van der Waals surface area contributed by atoms with Crippen LogP contribution in [-0.4, -0.2) is 43.9 Å². The molecule has 0 aliphatic carbocycles. The van der Waals surface area contributed by atoms with E-state index in [4.69, 9.17) is 39.5 Å². The molecule has 4 rings (SSSR count). The fraction of sp³-hybridized carbons (Fsp3) is 0.167. The largest absolute Gasteiger partial charge is 0.455 e. The van der Waals surface area contributed by atoms with Crippen molar-refractivity contribution in [2.45, 2.75) is 12.1 Å². The Hall–Kier alpha value is -2.58. The molecule has 1 fully saturated rings. The Labute approximate surface area is 211 Å². The number of amides is 1. The van der Waals surface area contributed by atoms with Gasteiger partial charge in [0.15, 0.2) is 9.84 Å². The maximum absolute atomic E-state index is 13.6. The molecule has 1 aliphatic heterocycles. The summed E-state index contributed by atoms with van der Waals surface area (Å²) in [7, 11) is -3.60. The molecule has 2 atom stereocenters. The molecule has 34 heavy (non-hydrogen) atoms. The van der Waals surface area contributed by atoms with Crippen molar-refractivity contribution in [2.24, 2.45) is 0 Å². The summed E-state index contributed by atoms with van der Waals surface area (Å²) in [6.07, 6.45) is -1.08. The maximum atomic E-state index is 13.6. The summed E-state index contributed by atoms with van der Waals surface area (Å²) in [6, 6.07) is 17.7. The fourth-order valence-corrected chi connectivity index (χ4v) is 5.92. The van der Waals surface area contributed by atoms with Gasteiger partial charge in [0.2, 0.25) is 0 Å². The van der Waals surface area contributed by atoms with Crippen LogP contribution in [0.25, 0.3) is 0 Å². The molecule has 6 nitrogen and oxygen atoms in total. The normalized spacial score (nSPS) is 18.9. The third-order valence-electron chi connectivity index (χ3n) is 5.36. The minimum atomic E-state index is -3.60. The average molecular weight is 539 g/mol. The second-order valence-electron chi connectivity index (χ2n) is 7.75. The lowest BCUT2D eigenvalue weighted by molar-refractivity contribution is 0.0314. The Morgan fingerprint density at radius 1 is 0.735 bits per heavy atom. The van der Waals surface area contributed by atoms with Crippen molar-refractivity contribution in [1.29, 1.82) is 0 Å². The molecule has 0 N–H and O–H groups in total. The summed E-state index contributed by atoms with van der Waals surface area (Å²) in [5.74, 6) is -1.95. The summed E-state index contributed by atoms with van der Waals surface area (Å²) in [5, 5.41) is 1.35. The van der Waals surface area contributed by atoms with Gasteiger partial charge in [-0.15, -0.1) is 0 Å². The van der Waals surface area contributed by atoms with Crippen LogP contribution in [0.15, 0.2) is 72.8 Å². The number of sulfone groups is 1. The highest BCUT2D eigenvalue weighted by molar-refractivity contribution is 7.91. The van der Waals surface area contributed by atoms with Gasteiger partial charge in [0, 0.05) is 26.3 Å². The number of hydrogen-bond acceptors (Lipinski definition) is 5. The fourth-order valence-electron chi connectivity index (χ4n) is 3.73. The van der Waals surface area contributed by atoms with Crippen LogP contribution >= 0.6 is 34.8 Å². The zero-order valence-corrected chi connectivity index (χ0v) is 20.6. The molecule has 3 aromatic rings. The lowest BCUT2D eigenvalue weighted by atomic mass is 10.1. The van der Waals surface area contributed by atoms with Crippen LogP contribution in [0.1, 0.15) is 20.7 Å². The molecule has 0 spiro atoms. The first-order chi connectivity index (χ1) is 16.1. The minimum absolute atomic E-state index is 0.217. The Morgan fingerprint density at radius 3 is 1.74 bits per heavy atom. The van der Waals surface area contributed by atoms with Crippen molar-refractivity contribution in [3.8, 4) is 0 Å². The molecule has 0 aromatic heterocycles. The predicted octanol–water partition coefficient (Wildman–Crippen LogP) is 5.32. The Bertz CT molecular complexity index is 1310. The van der Waals surface area contributed by atoms with Crippen LogP contribution < -0.4 is 4.90 Å². The lowest BCUT2D eigenvalue weighted by Gasteiger charge is -2.32. The molecule has 0 bridgehead atoms. The number of anilines is 1. The molecule has 10 heteroatoms. The Balaban J connectivity index is 1.72. The Kier molecular flexibility index (Phi) is 7.19. The number of benzene rings is 3. The standard InChI is InChI=1S/C24H18Cl3NO5S/c25-17-5-1-15(2-6-17)23(29)28(20-11-9-19(27)10-12-20)21-13-34(31,32)14-22(21)33-24(30)16-3-7-18(26)8-4-16/h1-12,21-22H,13-14H2/t21-,22-/m0/s1. The summed E-state index contributed by atoms with van der Waals surface area (Å²) >= 11 is 17.9. The summed E-state index contributed by atoms with van der Waals surface area (Å²) in [5.41, 5.74) is 0.930. The molecule has 0 radical (unpaired) electrons. The van der Waals surface area contributed by atoms with Gasteiger partial charge in [-0.1, -0.05) is 34.8 Å². The zero-order valence-electron chi connectivity index (χ0n) is 17.5. The quantitative estimate of drug-likeness (QED) is 0.411. The molecule has 1 saturated heterocycles. The summed E-state index contributed by atoms with van der Waals surface area (Å²) in [6.45, 7) is 0. The smallest absolute Gasteiger partial charge is 0.338 e. The van der Waals surface area contributed by atoms with Crippen LogP contribution in [0.3, 0.4) is 0 Å². The number of nitrogens with zero attached hydrogens (tertiary/aromatic N) is 1. The Morgan fingerprint density at radius 2 is 1.21 bits per heavy atom. The third kappa shape index (κ3) is 5.55. The van der Waals surface area contributed by atoms with Gasteiger partial charge in [-0.3, -0.25) is 4.79 Å². The number of hydrogen-bond donors (Lipinski definition) is 0. The van der Waals surface area contributed by atoms with Gasteiger partial charge in [-0.25, -0.2) is 13.2 Å². The highest BCUT2D eigenvalue weighted by atomic mass is 35.5. The first-order valence-corrected chi connectivity index (χ1v) is 13.1. The van der Waals surface area contributed by atoms with Crippen molar-refractivity contribution in [1.82, 2.24) is 0 Å². The van der Waals surface area contributed by atoms with Crippen molar-refractivity contribution in [2.75, 3.05) is 16.4 Å². The van der Waals surface area contributed by atoms with Crippen molar-refractivity contribution in [3.63, 3.8) is 0 Å². The first kappa shape index (κ1) is 24.5. The van der Waals surface area contributed by atoms with Gasteiger partial charge >= 0.3 is 5.97 Å². The highest BCUT2D eigenvalue weighted by Crippen LogP contribution is 2.30. The van der Waals surface area contributed by atoms with E-state index >= 15 is 0 Å². The van der Waals surface area contributed by atoms with Gasteiger partial charge in [0.05, 0.1) is 23.1 Å². The van der Waals surface area contributed by atoms with Crippen molar-refractivity contribution < 1.29 is 22.7 Å². The second kappa shape index (κ2) is 9.96. The van der Waals surface area contributed by atoms with Crippen LogP contribution in [0, 0.1) is 0 Å². The molecule has 176 valence electrons. The van der Waals surface area contributed by atoms with E-state index in [9.17, 15) is 18.0 Å². The van der Waals surface area contributed by atoms with Crippen molar-refractivity contribution in [3.05, 3.63) is 99.0 Å². The number of rotatable bonds is 5. The van der Waals surface area contributed by atoms with E-state index < -0.39 is 39.6 Å². The molecule has 0 unspecified atom stereocenters. The van der Waals surface area contributed by atoms with Crippen molar-refractivity contribution >= 4 is 62.2 Å². The third-order valence-corrected chi connectivity index (χ3v) is 7.80. The maximum Gasteiger partial charge on any atom is 0.338 e. The van der Waals surface area contributed by atoms with E-state index in [1.54, 1.807) is 48.5 Å². The number of carbonyl (C=O) groups excluding carboxylic acids is 2. The number of carbonyl (C=O) groups is 2. The number of esters is 1. The average Bonchev–Trinajstić information content (AvgIpc) is 3.09. The molecular formula is C24H18Cl3NO5S. The lowest BCUT2D eigenvalue weighted by Crippen LogP contribution is -2.48. The predicted molar refractivity (Wildman–Crippen MR) is 133 cm³/mol. The highest BCUT2D eigenvalue weighted by Gasteiger charge is 2.46. The van der Waals surface area contributed by atoms with Gasteiger partial charge in [-0.2, -0.15) is 0 Å². The molecule has 1 heterocycles. The molecule has 1 aliphatic rings. The number of ether oxygens (including phenoxy) is 1. The second-order valence-corrected chi connectivity index (χ2v) is 11.2. The number of halogens is 3.